The normalized spacial score (nSPS) is 10.7. The largest absolute Gasteiger partial charge is 0.457 e. The summed E-state index contributed by atoms with van der Waals surface area (Å²) >= 11 is 0. The van der Waals surface area contributed by atoms with Crippen molar-refractivity contribution in [2.75, 3.05) is 9.80 Å². The molecule has 0 saturated heterocycles. The van der Waals surface area contributed by atoms with Crippen LogP contribution in [-0.4, -0.2) is 0 Å². The maximum absolute atomic E-state index is 6.41. The maximum Gasteiger partial charge on any atom is 0.129 e. The lowest BCUT2D eigenvalue weighted by molar-refractivity contribution is 0.483. The van der Waals surface area contributed by atoms with Crippen LogP contribution in [-0.2, 0) is 0 Å². The number of hydrogen-bond donors (Lipinski definition) is 0. The van der Waals surface area contributed by atoms with E-state index in [2.05, 4.69) is 162 Å². The second kappa shape index (κ2) is 13.3. The fourth-order valence-electron chi connectivity index (χ4n) is 5.66. The summed E-state index contributed by atoms with van der Waals surface area (Å²) in [5.41, 5.74) is 10.1. The number of nitrogens with zero attached hydrogens (tertiary/aromatic N) is 2. The zero-order chi connectivity index (χ0) is 31.1. The van der Waals surface area contributed by atoms with Gasteiger partial charge in [-0.3, -0.25) is 0 Å². The molecule has 0 aliphatic rings. The van der Waals surface area contributed by atoms with Crippen molar-refractivity contribution in [3.05, 3.63) is 194 Å². The highest BCUT2D eigenvalue weighted by Crippen LogP contribution is 2.39. The van der Waals surface area contributed by atoms with Gasteiger partial charge in [-0.1, -0.05) is 103 Å². The fourth-order valence-corrected chi connectivity index (χ4v) is 5.66. The number of ether oxygens (including phenoxy) is 1. The number of para-hydroxylation sites is 3. The predicted octanol–water partition coefficient (Wildman–Crippen LogP) is 12.4. The Hall–Kier alpha value is -6.06. The molecule has 0 aromatic heterocycles. The molecule has 7 aromatic carbocycles. The summed E-state index contributed by atoms with van der Waals surface area (Å²) in [6.45, 7) is 2.11. The summed E-state index contributed by atoms with van der Waals surface area (Å²) in [5.74, 6) is 1.54. The Morgan fingerprint density at radius 2 is 0.717 bits per heavy atom. The molecule has 0 N–H and O–H groups in total. The predicted molar refractivity (Wildman–Crippen MR) is 192 cm³/mol. The minimum absolute atomic E-state index is 0.772. The summed E-state index contributed by atoms with van der Waals surface area (Å²) in [4.78, 5) is 4.50. The van der Waals surface area contributed by atoms with Crippen LogP contribution in [0.3, 0.4) is 0 Å². The van der Waals surface area contributed by atoms with Crippen LogP contribution in [0.1, 0.15) is 5.56 Å². The number of rotatable bonds is 9. The van der Waals surface area contributed by atoms with Gasteiger partial charge in [0.15, 0.2) is 0 Å². The lowest BCUT2D eigenvalue weighted by Gasteiger charge is -2.26. The second-order valence-electron chi connectivity index (χ2n) is 11.2. The van der Waals surface area contributed by atoms with Gasteiger partial charge < -0.3 is 14.5 Å². The van der Waals surface area contributed by atoms with E-state index in [1.165, 1.54) is 16.7 Å². The number of hydrogen-bond acceptors (Lipinski definition) is 3. The lowest BCUT2D eigenvalue weighted by atomic mass is 10.0. The Kier molecular flexibility index (Phi) is 8.29. The van der Waals surface area contributed by atoms with E-state index in [0.717, 1.165) is 45.6 Å². The topological polar surface area (TPSA) is 15.7 Å². The van der Waals surface area contributed by atoms with Crippen molar-refractivity contribution in [2.24, 2.45) is 0 Å². The molecule has 3 nitrogen and oxygen atoms in total. The molecule has 7 rings (SSSR count). The average molecular weight is 595 g/mol. The van der Waals surface area contributed by atoms with Gasteiger partial charge >= 0.3 is 0 Å². The SMILES string of the molecule is Cc1ccc(-c2ccc(N(c3ccccc3)c3ccc(Oc4cccc(N(c5ccccc5)c5ccccc5)c4)cc3)cc2)cc1. The van der Waals surface area contributed by atoms with Gasteiger partial charge in [-0.15, -0.1) is 0 Å². The van der Waals surface area contributed by atoms with Crippen molar-refractivity contribution in [3.63, 3.8) is 0 Å². The van der Waals surface area contributed by atoms with E-state index >= 15 is 0 Å². The van der Waals surface area contributed by atoms with Gasteiger partial charge in [-0.25, -0.2) is 0 Å². The number of benzene rings is 7. The lowest BCUT2D eigenvalue weighted by Crippen LogP contribution is -2.10. The molecule has 46 heavy (non-hydrogen) atoms. The third kappa shape index (κ3) is 6.40. The van der Waals surface area contributed by atoms with Crippen LogP contribution < -0.4 is 14.5 Å². The third-order valence-corrected chi connectivity index (χ3v) is 7.96. The van der Waals surface area contributed by atoms with Crippen LogP contribution in [0.2, 0.25) is 0 Å². The first-order chi connectivity index (χ1) is 22.7. The maximum atomic E-state index is 6.41. The molecule has 0 atom stereocenters. The number of anilines is 6. The van der Waals surface area contributed by atoms with Gasteiger partial charge in [0.05, 0.1) is 0 Å². The minimum Gasteiger partial charge on any atom is -0.457 e. The first-order valence-electron chi connectivity index (χ1n) is 15.5. The molecule has 0 saturated carbocycles. The van der Waals surface area contributed by atoms with Crippen LogP contribution in [0.25, 0.3) is 11.1 Å². The molecular formula is C43H34N2O. The summed E-state index contributed by atoms with van der Waals surface area (Å²) in [6.07, 6.45) is 0. The molecule has 0 radical (unpaired) electrons. The molecule has 0 aliphatic heterocycles. The van der Waals surface area contributed by atoms with Crippen molar-refractivity contribution < 1.29 is 4.74 Å². The zero-order valence-corrected chi connectivity index (χ0v) is 25.7. The van der Waals surface area contributed by atoms with Gasteiger partial charge in [0.2, 0.25) is 0 Å². The zero-order valence-electron chi connectivity index (χ0n) is 25.7. The molecule has 7 aromatic rings. The van der Waals surface area contributed by atoms with Crippen molar-refractivity contribution in [3.8, 4) is 22.6 Å². The van der Waals surface area contributed by atoms with Crippen molar-refractivity contribution in [1.82, 2.24) is 0 Å². The van der Waals surface area contributed by atoms with E-state index in [4.69, 9.17) is 4.74 Å². The van der Waals surface area contributed by atoms with E-state index in [0.29, 0.717) is 0 Å². The first-order valence-corrected chi connectivity index (χ1v) is 15.5. The third-order valence-electron chi connectivity index (χ3n) is 7.96. The van der Waals surface area contributed by atoms with Crippen LogP contribution in [0, 0.1) is 6.92 Å². The Labute approximate surface area is 271 Å². The van der Waals surface area contributed by atoms with Crippen LogP contribution in [0.5, 0.6) is 11.5 Å². The molecule has 222 valence electrons. The Morgan fingerprint density at radius 1 is 0.326 bits per heavy atom. The molecule has 0 spiro atoms. The van der Waals surface area contributed by atoms with Gasteiger partial charge in [-0.2, -0.15) is 0 Å². The summed E-state index contributed by atoms with van der Waals surface area (Å²) in [7, 11) is 0. The fraction of sp³-hybridized carbons (Fsp3) is 0.0233. The van der Waals surface area contributed by atoms with E-state index in [-0.39, 0.29) is 0 Å². The van der Waals surface area contributed by atoms with E-state index in [9.17, 15) is 0 Å². The first kappa shape index (κ1) is 28.7. The van der Waals surface area contributed by atoms with E-state index < -0.39 is 0 Å². The highest BCUT2D eigenvalue weighted by atomic mass is 16.5. The highest BCUT2D eigenvalue weighted by molar-refractivity contribution is 5.79. The molecule has 0 unspecified atom stereocenters. The molecule has 0 heterocycles. The van der Waals surface area contributed by atoms with Crippen LogP contribution in [0.4, 0.5) is 34.1 Å². The van der Waals surface area contributed by atoms with E-state index in [1.807, 2.05) is 42.5 Å². The Bertz CT molecular complexity index is 1950. The van der Waals surface area contributed by atoms with E-state index in [1.54, 1.807) is 0 Å². The van der Waals surface area contributed by atoms with Gasteiger partial charge in [0.1, 0.15) is 11.5 Å². The second-order valence-corrected chi connectivity index (χ2v) is 11.2. The molecule has 0 amide bonds. The van der Waals surface area contributed by atoms with Gasteiger partial charge in [0, 0.05) is 40.2 Å². The van der Waals surface area contributed by atoms with Crippen molar-refractivity contribution in [2.45, 2.75) is 6.92 Å². The quantitative estimate of drug-likeness (QED) is 0.165. The molecule has 3 heteroatoms. The van der Waals surface area contributed by atoms with Crippen LogP contribution >= 0.6 is 0 Å². The average Bonchev–Trinajstić information content (AvgIpc) is 3.12. The van der Waals surface area contributed by atoms with Gasteiger partial charge in [-0.05, 0) is 103 Å². The summed E-state index contributed by atoms with van der Waals surface area (Å²) in [6, 6.07) is 65.2. The Balaban J connectivity index is 1.16. The van der Waals surface area contributed by atoms with Crippen LogP contribution in [0.15, 0.2) is 188 Å². The minimum atomic E-state index is 0.772. The monoisotopic (exact) mass is 594 g/mol. The highest BCUT2D eigenvalue weighted by Gasteiger charge is 2.15. The van der Waals surface area contributed by atoms with Crippen molar-refractivity contribution in [1.29, 1.82) is 0 Å². The van der Waals surface area contributed by atoms with Gasteiger partial charge in [0.25, 0.3) is 0 Å². The van der Waals surface area contributed by atoms with Crippen molar-refractivity contribution >= 4 is 34.1 Å². The summed E-state index contributed by atoms with van der Waals surface area (Å²) in [5, 5.41) is 0. The molecular weight excluding hydrogens is 560 g/mol. The number of aryl methyl sites for hydroxylation is 1. The standard InChI is InChI=1S/C43H34N2O/c1-33-20-22-34(23-21-33)35-24-26-39(27-25-35)44(36-12-5-2-6-13-36)40-28-30-42(31-29-40)46-43-19-11-18-41(32-43)45(37-14-7-3-8-15-37)38-16-9-4-10-17-38/h2-32H,1H3. The molecule has 0 aliphatic carbocycles. The molecule has 0 fully saturated rings. The summed E-state index contributed by atoms with van der Waals surface area (Å²) < 4.78 is 6.41. The smallest absolute Gasteiger partial charge is 0.129 e. The molecule has 0 bridgehead atoms. The Morgan fingerprint density at radius 3 is 1.22 bits per heavy atom.